The first-order valence-electron chi connectivity index (χ1n) is 6.64. The maximum atomic E-state index is 12.3. The number of cyclic esters (lactones) is 1. The summed E-state index contributed by atoms with van der Waals surface area (Å²) in [5, 5.41) is 2.36. The fourth-order valence-corrected chi connectivity index (χ4v) is 2.10. The van der Waals surface area contributed by atoms with Gasteiger partial charge in [0.25, 0.3) is 6.43 Å². The van der Waals surface area contributed by atoms with Crippen LogP contribution in [0.25, 0.3) is 0 Å². The molecule has 0 bridgehead atoms. The Kier molecular flexibility index (Phi) is 5.43. The lowest BCUT2D eigenvalue weighted by atomic mass is 10.3. The molecule has 0 radical (unpaired) electrons. The summed E-state index contributed by atoms with van der Waals surface area (Å²) >= 11 is 4.46. The van der Waals surface area contributed by atoms with Crippen molar-refractivity contribution in [1.29, 1.82) is 0 Å². The minimum atomic E-state index is -2.76. The van der Waals surface area contributed by atoms with Crippen LogP contribution in [-0.4, -0.2) is 43.8 Å². The molecule has 1 atom stereocenters. The van der Waals surface area contributed by atoms with E-state index in [0.29, 0.717) is 5.69 Å². The van der Waals surface area contributed by atoms with Gasteiger partial charge in [-0.05, 0) is 24.3 Å². The molecule has 1 aliphatic rings. The van der Waals surface area contributed by atoms with Gasteiger partial charge in [-0.3, -0.25) is 9.69 Å². The van der Waals surface area contributed by atoms with Crippen molar-refractivity contribution in [1.82, 2.24) is 5.32 Å². The van der Waals surface area contributed by atoms with Gasteiger partial charge < -0.3 is 14.8 Å². The van der Waals surface area contributed by atoms with Gasteiger partial charge in [0.1, 0.15) is 11.1 Å². The smallest absolute Gasteiger partial charge is 0.414 e. The monoisotopic (exact) mass is 344 g/mol. The van der Waals surface area contributed by atoms with E-state index in [1.165, 1.54) is 30.2 Å². The summed E-state index contributed by atoms with van der Waals surface area (Å²) in [4.78, 5) is 24.3. The molecule has 0 aromatic heterocycles. The average Bonchev–Trinajstić information content (AvgIpc) is 2.78. The number of ether oxygens (including phenoxy) is 2. The summed E-state index contributed by atoms with van der Waals surface area (Å²) in [6, 6.07) is 5.73. The van der Waals surface area contributed by atoms with Gasteiger partial charge in [-0.15, -0.1) is 0 Å². The number of carbonyl (C=O) groups is 1. The number of carbonyl (C=O) groups excluding carboxylic acids is 1. The third kappa shape index (κ3) is 4.13. The van der Waals surface area contributed by atoms with Gasteiger partial charge in [0.05, 0.1) is 20.2 Å². The molecule has 0 aliphatic carbocycles. The van der Waals surface area contributed by atoms with Gasteiger partial charge in [-0.25, -0.2) is 13.6 Å². The topological polar surface area (TPSA) is 67.9 Å². The molecule has 1 aromatic rings. The Labute approximate surface area is 136 Å². The lowest BCUT2D eigenvalue weighted by Gasteiger charge is -2.12. The molecule has 23 heavy (non-hydrogen) atoms. The highest BCUT2D eigenvalue weighted by atomic mass is 32.1. The van der Waals surface area contributed by atoms with Crippen molar-refractivity contribution < 1.29 is 23.0 Å². The third-order valence-corrected chi connectivity index (χ3v) is 3.48. The minimum absolute atomic E-state index is 0.0134. The van der Waals surface area contributed by atoms with Crippen LogP contribution in [-0.2, 0) is 4.74 Å². The predicted octanol–water partition coefficient (Wildman–Crippen LogP) is 1.56. The van der Waals surface area contributed by atoms with Crippen LogP contribution in [0.2, 0.25) is 0 Å². The highest BCUT2D eigenvalue weighted by Crippen LogP contribution is 2.21. The number of anilines is 1. The zero-order valence-corrected chi connectivity index (χ0v) is 12.9. The Morgan fingerprint density at radius 3 is 2.78 bits per heavy atom. The van der Waals surface area contributed by atoms with E-state index in [1.54, 1.807) is 6.07 Å². The van der Waals surface area contributed by atoms with E-state index in [1.807, 2.05) is 0 Å². The zero-order chi connectivity index (χ0) is 17.0. The highest BCUT2D eigenvalue weighted by molar-refractivity contribution is 7.80. The number of rotatable bonds is 5. The van der Waals surface area contributed by atoms with Crippen molar-refractivity contribution in [3.05, 3.63) is 34.5 Å². The van der Waals surface area contributed by atoms with Crippen molar-refractivity contribution in [3.8, 4) is 5.75 Å². The van der Waals surface area contributed by atoms with Gasteiger partial charge in [0.2, 0.25) is 5.43 Å². The van der Waals surface area contributed by atoms with Gasteiger partial charge in [0.15, 0.2) is 5.75 Å². The summed E-state index contributed by atoms with van der Waals surface area (Å²) in [5.74, 6) is 0.143. The molecule has 1 amide bonds. The second kappa shape index (κ2) is 7.32. The van der Waals surface area contributed by atoms with Crippen molar-refractivity contribution in [2.75, 3.05) is 25.1 Å². The Morgan fingerprint density at radius 2 is 2.13 bits per heavy atom. The zero-order valence-electron chi connectivity index (χ0n) is 12.1. The summed E-state index contributed by atoms with van der Waals surface area (Å²) < 4.78 is 34.6. The molecule has 124 valence electrons. The molecule has 2 rings (SSSR count). The van der Waals surface area contributed by atoms with E-state index in [9.17, 15) is 18.4 Å². The average molecular weight is 344 g/mol. The van der Waals surface area contributed by atoms with Crippen LogP contribution in [0, 0.1) is 0 Å². The van der Waals surface area contributed by atoms with Crippen LogP contribution in [0.15, 0.2) is 29.1 Å². The number of thiocarbonyl (C=S) groups is 1. The van der Waals surface area contributed by atoms with E-state index in [4.69, 9.17) is 9.47 Å². The molecule has 0 spiro atoms. The van der Waals surface area contributed by atoms with Crippen LogP contribution < -0.4 is 20.4 Å². The van der Waals surface area contributed by atoms with Crippen LogP contribution in [0.3, 0.4) is 0 Å². The maximum absolute atomic E-state index is 12.3. The number of hydrogen-bond acceptors (Lipinski definition) is 5. The van der Waals surface area contributed by atoms with Gasteiger partial charge in [-0.1, -0.05) is 12.2 Å². The lowest BCUT2D eigenvalue weighted by molar-refractivity contribution is 0.142. The number of methoxy groups -OCH3 is 1. The van der Waals surface area contributed by atoms with E-state index in [-0.39, 0.29) is 24.3 Å². The molecule has 1 aromatic carbocycles. The van der Waals surface area contributed by atoms with Crippen LogP contribution in [0.4, 0.5) is 19.3 Å². The molecule has 1 fully saturated rings. The first-order valence-corrected chi connectivity index (χ1v) is 7.05. The molecule has 9 heteroatoms. The van der Waals surface area contributed by atoms with Crippen molar-refractivity contribution in [2.45, 2.75) is 12.5 Å². The maximum Gasteiger partial charge on any atom is 0.414 e. The second-order valence-electron chi connectivity index (χ2n) is 4.69. The van der Waals surface area contributed by atoms with Crippen LogP contribution >= 0.6 is 12.2 Å². The number of nitrogens with one attached hydrogen (secondary N) is 1. The number of nitrogens with zero attached hydrogens (tertiary/aromatic N) is 1. The number of amides is 1. The van der Waals surface area contributed by atoms with E-state index in [2.05, 4.69) is 17.5 Å². The van der Waals surface area contributed by atoms with Crippen LogP contribution in [0.5, 0.6) is 5.75 Å². The molecule has 6 nitrogen and oxygen atoms in total. The Bertz CT molecular complexity index is 671. The largest absolute Gasteiger partial charge is 0.493 e. The first kappa shape index (κ1) is 17.1. The molecular formula is C14H14F2N2O4S. The van der Waals surface area contributed by atoms with Crippen LogP contribution in [0.1, 0.15) is 0 Å². The standard InChI is InChI=1S/C14H14F2N2O4S/c1-21-11-5-3-8(2-4-10(11)19)18-7-9(22-14(18)20)6-17-13(23)12(15)16/h2-5,9,12H,6-7H2,1H3,(H,17,23)/t9-/m0/s1. The highest BCUT2D eigenvalue weighted by Gasteiger charge is 2.32. The quantitative estimate of drug-likeness (QED) is 0.818. The summed E-state index contributed by atoms with van der Waals surface area (Å²) in [6.45, 7) is 0.138. The molecule has 1 heterocycles. The molecule has 1 saturated heterocycles. The van der Waals surface area contributed by atoms with E-state index < -0.39 is 23.6 Å². The molecule has 1 N–H and O–H groups in total. The van der Waals surface area contributed by atoms with E-state index >= 15 is 0 Å². The third-order valence-electron chi connectivity index (χ3n) is 3.16. The SMILES string of the molecule is COc1ccc(N2C[C@H](CNC(=S)C(F)F)OC2=O)ccc1=O. The van der Waals surface area contributed by atoms with Crippen molar-refractivity contribution in [3.63, 3.8) is 0 Å². The fourth-order valence-electron chi connectivity index (χ4n) is 2.02. The summed E-state index contributed by atoms with van der Waals surface area (Å²) in [7, 11) is 1.37. The van der Waals surface area contributed by atoms with Crippen molar-refractivity contribution >= 4 is 29.0 Å². The predicted molar refractivity (Wildman–Crippen MR) is 83.5 cm³/mol. The molecule has 0 unspecified atom stereocenters. The second-order valence-corrected chi connectivity index (χ2v) is 5.13. The number of alkyl halides is 2. The number of hydrogen-bond donors (Lipinski definition) is 1. The minimum Gasteiger partial charge on any atom is -0.493 e. The Hall–Kier alpha value is -2.29. The molecule has 0 saturated carbocycles. The Balaban J connectivity index is 2.07. The van der Waals surface area contributed by atoms with Gasteiger partial charge in [0, 0.05) is 5.69 Å². The first-order chi connectivity index (χ1) is 10.9. The molecule has 1 aliphatic heterocycles. The molecular weight excluding hydrogens is 330 g/mol. The summed E-state index contributed by atoms with van der Waals surface area (Å²) in [5.41, 5.74) is 0.112. The number of halogens is 2. The van der Waals surface area contributed by atoms with Gasteiger partial charge >= 0.3 is 6.09 Å². The normalized spacial score (nSPS) is 17.1. The van der Waals surface area contributed by atoms with Crippen molar-refractivity contribution in [2.24, 2.45) is 0 Å². The van der Waals surface area contributed by atoms with E-state index in [0.717, 1.165) is 0 Å². The Morgan fingerprint density at radius 1 is 1.43 bits per heavy atom. The summed E-state index contributed by atoms with van der Waals surface area (Å²) in [6.07, 6.45) is -4.01. The lowest BCUT2D eigenvalue weighted by Crippen LogP contribution is -2.36. The van der Waals surface area contributed by atoms with Gasteiger partial charge in [-0.2, -0.15) is 0 Å². The fraction of sp³-hybridized carbons (Fsp3) is 0.357.